The summed E-state index contributed by atoms with van der Waals surface area (Å²) in [5.74, 6) is 1.93. The van der Waals surface area contributed by atoms with Crippen molar-refractivity contribution < 1.29 is 9.15 Å². The third kappa shape index (κ3) is 9.05. The number of ether oxygens (including phenoxy) is 1. The number of furan rings is 1. The number of aliphatic imine (C=N–C) groups is 1. The van der Waals surface area contributed by atoms with Crippen LogP contribution in [0.5, 0.6) is 0 Å². The van der Waals surface area contributed by atoms with Crippen molar-refractivity contribution in [1.29, 1.82) is 0 Å². The van der Waals surface area contributed by atoms with Gasteiger partial charge in [-0.2, -0.15) is 0 Å². The Morgan fingerprint density at radius 3 is 2.88 bits per heavy atom. The van der Waals surface area contributed by atoms with Crippen molar-refractivity contribution in [1.82, 2.24) is 10.2 Å². The van der Waals surface area contributed by atoms with E-state index in [2.05, 4.69) is 34.8 Å². The molecule has 146 valence electrons. The van der Waals surface area contributed by atoms with Gasteiger partial charge in [0.25, 0.3) is 0 Å². The third-order valence-electron chi connectivity index (χ3n) is 3.78. The molecule has 0 spiro atoms. The van der Waals surface area contributed by atoms with Gasteiger partial charge >= 0.3 is 0 Å². The minimum Gasteiger partial charge on any atom is -0.469 e. The van der Waals surface area contributed by atoms with Crippen molar-refractivity contribution in [2.75, 3.05) is 39.9 Å². The average Bonchev–Trinajstić information content (AvgIpc) is 3.31. The summed E-state index contributed by atoms with van der Waals surface area (Å²) in [5.41, 5.74) is 0. The molecular formula is C19H30IN3O2S. The summed E-state index contributed by atoms with van der Waals surface area (Å²) in [6.45, 7) is 6.06. The monoisotopic (exact) mass is 491 g/mol. The van der Waals surface area contributed by atoms with Crippen LogP contribution < -0.4 is 5.32 Å². The number of guanidine groups is 1. The van der Waals surface area contributed by atoms with E-state index in [1.165, 1.54) is 4.88 Å². The van der Waals surface area contributed by atoms with Gasteiger partial charge in [0.1, 0.15) is 5.76 Å². The maximum Gasteiger partial charge on any atom is 0.193 e. The number of thiophene rings is 1. The maximum absolute atomic E-state index is 5.39. The summed E-state index contributed by atoms with van der Waals surface area (Å²) in [4.78, 5) is 8.34. The quantitative estimate of drug-likeness (QED) is 0.223. The van der Waals surface area contributed by atoms with E-state index in [4.69, 9.17) is 14.1 Å². The summed E-state index contributed by atoms with van der Waals surface area (Å²) < 4.78 is 10.8. The molecule has 0 aliphatic rings. The first-order chi connectivity index (χ1) is 12.3. The predicted molar refractivity (Wildman–Crippen MR) is 120 cm³/mol. The fourth-order valence-electron chi connectivity index (χ4n) is 2.40. The molecule has 0 saturated carbocycles. The maximum atomic E-state index is 5.39. The van der Waals surface area contributed by atoms with Crippen LogP contribution in [-0.2, 0) is 17.6 Å². The molecule has 7 heteroatoms. The first-order valence-electron chi connectivity index (χ1n) is 8.91. The molecule has 0 bridgehead atoms. The van der Waals surface area contributed by atoms with Crippen molar-refractivity contribution in [2.24, 2.45) is 4.99 Å². The normalized spacial score (nSPS) is 11.2. The van der Waals surface area contributed by atoms with E-state index in [0.717, 1.165) is 63.8 Å². The van der Waals surface area contributed by atoms with Crippen LogP contribution in [0.3, 0.4) is 0 Å². The highest BCUT2D eigenvalue weighted by Gasteiger charge is 2.07. The van der Waals surface area contributed by atoms with E-state index in [9.17, 15) is 0 Å². The molecule has 1 N–H and O–H groups in total. The Bertz CT molecular complexity index is 588. The minimum atomic E-state index is 0. The molecule has 0 atom stereocenters. The second kappa shape index (κ2) is 14.1. The average molecular weight is 491 g/mol. The topological polar surface area (TPSA) is 50.0 Å². The van der Waals surface area contributed by atoms with Crippen LogP contribution in [-0.4, -0.2) is 50.8 Å². The van der Waals surface area contributed by atoms with Crippen LogP contribution in [0, 0.1) is 0 Å². The Morgan fingerprint density at radius 2 is 2.19 bits per heavy atom. The highest BCUT2D eigenvalue weighted by atomic mass is 127. The van der Waals surface area contributed by atoms with Crippen LogP contribution in [0.15, 0.2) is 45.3 Å². The van der Waals surface area contributed by atoms with E-state index >= 15 is 0 Å². The minimum absolute atomic E-state index is 0. The molecule has 0 saturated heterocycles. The lowest BCUT2D eigenvalue weighted by atomic mass is 10.3. The van der Waals surface area contributed by atoms with E-state index in [1.54, 1.807) is 17.6 Å². The van der Waals surface area contributed by atoms with Crippen LogP contribution >= 0.6 is 35.3 Å². The summed E-state index contributed by atoms with van der Waals surface area (Å²) >= 11 is 1.80. The van der Waals surface area contributed by atoms with Gasteiger partial charge in [-0.15, -0.1) is 35.3 Å². The van der Waals surface area contributed by atoms with Crippen molar-refractivity contribution in [2.45, 2.75) is 26.2 Å². The lowest BCUT2D eigenvalue weighted by molar-refractivity contribution is 0.146. The highest BCUT2D eigenvalue weighted by molar-refractivity contribution is 14.0. The number of likely N-dealkylation sites (N-methyl/N-ethyl adjacent to an activating group) is 1. The summed E-state index contributed by atoms with van der Waals surface area (Å²) in [6, 6.07) is 8.21. The lowest BCUT2D eigenvalue weighted by Gasteiger charge is -2.22. The van der Waals surface area contributed by atoms with Crippen molar-refractivity contribution in [3.8, 4) is 0 Å². The molecule has 5 nitrogen and oxygen atoms in total. The molecule has 0 amide bonds. The van der Waals surface area contributed by atoms with E-state index < -0.39 is 0 Å². The van der Waals surface area contributed by atoms with Gasteiger partial charge in [0.2, 0.25) is 0 Å². The van der Waals surface area contributed by atoms with Crippen LogP contribution in [0.2, 0.25) is 0 Å². The zero-order valence-corrected chi connectivity index (χ0v) is 18.8. The number of rotatable bonds is 11. The fraction of sp³-hybridized carbons (Fsp3) is 0.526. The molecule has 0 fully saturated rings. The molecule has 2 heterocycles. The van der Waals surface area contributed by atoms with E-state index in [0.29, 0.717) is 0 Å². The number of nitrogens with zero attached hydrogens (tertiary/aromatic N) is 2. The number of nitrogens with one attached hydrogen (secondary N) is 1. The lowest BCUT2D eigenvalue weighted by Crippen LogP contribution is -2.41. The zero-order chi connectivity index (χ0) is 17.7. The van der Waals surface area contributed by atoms with Gasteiger partial charge in [0.15, 0.2) is 5.96 Å². The first kappa shape index (κ1) is 23.0. The Morgan fingerprint density at radius 1 is 1.31 bits per heavy atom. The van der Waals surface area contributed by atoms with Crippen LogP contribution in [0.1, 0.15) is 24.0 Å². The molecule has 26 heavy (non-hydrogen) atoms. The molecule has 0 aliphatic carbocycles. The summed E-state index contributed by atoms with van der Waals surface area (Å²) in [5, 5.41) is 5.58. The fourth-order valence-corrected chi connectivity index (χ4v) is 3.10. The van der Waals surface area contributed by atoms with Crippen molar-refractivity contribution in [3.63, 3.8) is 0 Å². The van der Waals surface area contributed by atoms with Gasteiger partial charge in [-0.05, 0) is 43.3 Å². The predicted octanol–water partition coefficient (Wildman–Crippen LogP) is 4.05. The number of hydrogen-bond donors (Lipinski definition) is 1. The van der Waals surface area contributed by atoms with Gasteiger partial charge in [-0.1, -0.05) is 6.07 Å². The molecule has 0 radical (unpaired) electrons. The largest absolute Gasteiger partial charge is 0.469 e. The Hall–Kier alpha value is -1.06. The molecule has 0 aliphatic heterocycles. The smallest absolute Gasteiger partial charge is 0.193 e. The summed E-state index contributed by atoms with van der Waals surface area (Å²) in [6.07, 6.45) is 4.54. The second-order valence-electron chi connectivity index (χ2n) is 5.76. The first-order valence-corrected chi connectivity index (χ1v) is 9.79. The van der Waals surface area contributed by atoms with Crippen molar-refractivity contribution in [3.05, 3.63) is 46.5 Å². The van der Waals surface area contributed by atoms with Crippen LogP contribution in [0.4, 0.5) is 0 Å². The third-order valence-corrected chi connectivity index (χ3v) is 4.72. The zero-order valence-electron chi connectivity index (χ0n) is 15.6. The molecule has 0 unspecified atom stereocenters. The van der Waals surface area contributed by atoms with E-state index in [1.807, 2.05) is 19.1 Å². The molecule has 0 aromatic carbocycles. The van der Waals surface area contributed by atoms with Gasteiger partial charge in [0.05, 0.1) is 6.26 Å². The molecule has 2 aromatic heterocycles. The van der Waals surface area contributed by atoms with Crippen LogP contribution in [0.25, 0.3) is 0 Å². The van der Waals surface area contributed by atoms with Crippen molar-refractivity contribution >= 4 is 41.3 Å². The molecule has 2 aromatic rings. The Balaban J connectivity index is 0.00000338. The SMILES string of the molecule is CCOCCCN=C(NCCc1ccco1)N(C)CCc1cccs1.I. The number of hydrogen-bond acceptors (Lipinski definition) is 4. The number of halogens is 1. The second-order valence-corrected chi connectivity index (χ2v) is 6.80. The van der Waals surface area contributed by atoms with Gasteiger partial charge in [-0.3, -0.25) is 4.99 Å². The van der Waals surface area contributed by atoms with E-state index in [-0.39, 0.29) is 24.0 Å². The molecule has 2 rings (SSSR count). The summed E-state index contributed by atoms with van der Waals surface area (Å²) in [7, 11) is 2.09. The highest BCUT2D eigenvalue weighted by Crippen LogP contribution is 2.09. The standard InChI is InChI=1S/C19H29N3O2S.HI/c1-3-23-14-6-11-20-19(21-12-9-17-7-4-15-24-17)22(2)13-10-18-8-5-16-25-18;/h4-5,7-8,15-16H,3,6,9-14H2,1-2H3,(H,20,21);1H. The van der Waals surface area contributed by atoms with Gasteiger partial charge < -0.3 is 19.4 Å². The van der Waals surface area contributed by atoms with Gasteiger partial charge in [0, 0.05) is 51.2 Å². The Kier molecular flexibility index (Phi) is 12.4. The molecular weight excluding hydrogens is 461 g/mol. The Labute approximate surface area is 177 Å². The van der Waals surface area contributed by atoms with Gasteiger partial charge in [-0.25, -0.2) is 0 Å².